The second kappa shape index (κ2) is 7.46. The molecule has 1 N–H and O–H groups in total. The van der Waals surface area contributed by atoms with Crippen molar-refractivity contribution in [3.8, 4) is 0 Å². The van der Waals surface area contributed by atoms with Crippen LogP contribution in [0.15, 0.2) is 0 Å². The number of carboxylic acids is 1. The average Bonchev–Trinajstić information content (AvgIpc) is 2.17. The van der Waals surface area contributed by atoms with E-state index in [1.807, 2.05) is 0 Å². The number of likely N-dealkylation sites (tertiary alicyclic amines) is 1. The molecule has 1 aliphatic rings. The molecule has 6 heteroatoms. The SMILES string of the molecule is CCOC(=O)C1CCCN(CC(=O)O)C1.Cl. The molecule has 1 atom stereocenters. The lowest BCUT2D eigenvalue weighted by molar-refractivity contribution is -0.151. The van der Waals surface area contributed by atoms with Crippen molar-refractivity contribution in [3.63, 3.8) is 0 Å². The van der Waals surface area contributed by atoms with Crippen molar-refractivity contribution < 1.29 is 19.4 Å². The number of carbonyl (C=O) groups excluding carboxylic acids is 1. The largest absolute Gasteiger partial charge is 0.480 e. The van der Waals surface area contributed by atoms with Gasteiger partial charge in [-0.2, -0.15) is 0 Å². The number of piperidine rings is 1. The molecule has 0 spiro atoms. The molecule has 16 heavy (non-hydrogen) atoms. The Morgan fingerprint density at radius 2 is 2.19 bits per heavy atom. The number of aliphatic carboxylic acids is 1. The molecule has 0 amide bonds. The highest BCUT2D eigenvalue weighted by Crippen LogP contribution is 2.17. The van der Waals surface area contributed by atoms with Crippen molar-refractivity contribution in [1.29, 1.82) is 0 Å². The molecular weight excluding hydrogens is 234 g/mol. The van der Waals surface area contributed by atoms with Gasteiger partial charge >= 0.3 is 11.9 Å². The molecule has 1 rings (SSSR count). The van der Waals surface area contributed by atoms with Crippen molar-refractivity contribution >= 4 is 24.3 Å². The Labute approximate surface area is 101 Å². The van der Waals surface area contributed by atoms with E-state index in [4.69, 9.17) is 9.84 Å². The quantitative estimate of drug-likeness (QED) is 0.748. The summed E-state index contributed by atoms with van der Waals surface area (Å²) in [7, 11) is 0. The number of rotatable bonds is 4. The second-order valence-corrected chi connectivity index (χ2v) is 3.72. The number of ether oxygens (including phenoxy) is 1. The lowest BCUT2D eigenvalue weighted by Gasteiger charge is -2.29. The predicted molar refractivity (Wildman–Crippen MR) is 60.7 cm³/mol. The van der Waals surface area contributed by atoms with Crippen LogP contribution in [0.5, 0.6) is 0 Å². The lowest BCUT2D eigenvalue weighted by Crippen LogP contribution is -2.41. The highest BCUT2D eigenvalue weighted by atomic mass is 35.5. The molecule has 1 unspecified atom stereocenters. The predicted octanol–water partition coefficient (Wildman–Crippen LogP) is 0.768. The van der Waals surface area contributed by atoms with E-state index in [2.05, 4.69) is 0 Å². The third-order valence-electron chi connectivity index (χ3n) is 2.48. The first kappa shape index (κ1) is 15.2. The maximum absolute atomic E-state index is 11.4. The fourth-order valence-electron chi connectivity index (χ4n) is 1.84. The maximum atomic E-state index is 11.4. The Morgan fingerprint density at radius 3 is 2.75 bits per heavy atom. The van der Waals surface area contributed by atoms with Crippen LogP contribution in [-0.2, 0) is 14.3 Å². The van der Waals surface area contributed by atoms with E-state index < -0.39 is 5.97 Å². The summed E-state index contributed by atoms with van der Waals surface area (Å²) < 4.78 is 4.92. The van der Waals surface area contributed by atoms with Crippen LogP contribution in [0.2, 0.25) is 0 Å². The lowest BCUT2D eigenvalue weighted by atomic mass is 9.98. The van der Waals surface area contributed by atoms with Gasteiger partial charge in [0.05, 0.1) is 19.1 Å². The van der Waals surface area contributed by atoms with Gasteiger partial charge in [-0.1, -0.05) is 0 Å². The van der Waals surface area contributed by atoms with E-state index in [9.17, 15) is 9.59 Å². The van der Waals surface area contributed by atoms with Crippen LogP contribution >= 0.6 is 12.4 Å². The van der Waals surface area contributed by atoms with Gasteiger partial charge in [0.2, 0.25) is 0 Å². The van der Waals surface area contributed by atoms with E-state index in [1.165, 1.54) is 0 Å². The summed E-state index contributed by atoms with van der Waals surface area (Å²) in [4.78, 5) is 23.7. The Bertz CT molecular complexity index is 247. The Kier molecular flexibility index (Phi) is 7.08. The van der Waals surface area contributed by atoms with E-state index in [0.717, 1.165) is 19.4 Å². The number of nitrogens with zero attached hydrogens (tertiary/aromatic N) is 1. The molecule has 0 bridgehead atoms. The normalized spacial score (nSPS) is 20.9. The molecule has 1 saturated heterocycles. The fourth-order valence-corrected chi connectivity index (χ4v) is 1.84. The van der Waals surface area contributed by atoms with Crippen LogP contribution in [0.3, 0.4) is 0 Å². The van der Waals surface area contributed by atoms with Gasteiger partial charge in [0, 0.05) is 6.54 Å². The highest BCUT2D eigenvalue weighted by Gasteiger charge is 2.27. The third-order valence-corrected chi connectivity index (χ3v) is 2.48. The van der Waals surface area contributed by atoms with Crippen LogP contribution in [0.1, 0.15) is 19.8 Å². The molecule has 0 saturated carbocycles. The van der Waals surface area contributed by atoms with Crippen LogP contribution in [0.25, 0.3) is 0 Å². The molecule has 0 aliphatic carbocycles. The summed E-state index contributed by atoms with van der Waals surface area (Å²) in [5.41, 5.74) is 0. The van der Waals surface area contributed by atoms with Crippen molar-refractivity contribution in [2.45, 2.75) is 19.8 Å². The molecule has 0 aromatic carbocycles. The zero-order chi connectivity index (χ0) is 11.3. The standard InChI is InChI=1S/C10H17NO4.ClH/c1-2-15-10(14)8-4-3-5-11(6-8)7-9(12)13;/h8H,2-7H2,1H3,(H,12,13);1H. The first-order valence-corrected chi connectivity index (χ1v) is 5.24. The minimum Gasteiger partial charge on any atom is -0.480 e. The molecule has 1 heterocycles. The van der Waals surface area contributed by atoms with E-state index >= 15 is 0 Å². The van der Waals surface area contributed by atoms with Gasteiger partial charge in [0.25, 0.3) is 0 Å². The monoisotopic (exact) mass is 251 g/mol. The minimum atomic E-state index is -0.848. The molecule has 1 aliphatic heterocycles. The van der Waals surface area contributed by atoms with E-state index in [0.29, 0.717) is 13.2 Å². The Hall–Kier alpha value is -0.810. The molecule has 0 aromatic rings. The smallest absolute Gasteiger partial charge is 0.317 e. The van der Waals surface area contributed by atoms with Crippen LogP contribution in [0.4, 0.5) is 0 Å². The van der Waals surface area contributed by atoms with Crippen LogP contribution < -0.4 is 0 Å². The van der Waals surface area contributed by atoms with Gasteiger partial charge in [0.1, 0.15) is 0 Å². The molecule has 0 radical (unpaired) electrons. The molecule has 0 aromatic heterocycles. The zero-order valence-corrected chi connectivity index (χ0v) is 10.2. The fraction of sp³-hybridized carbons (Fsp3) is 0.800. The van der Waals surface area contributed by atoms with Crippen molar-refractivity contribution in [2.24, 2.45) is 5.92 Å². The van der Waals surface area contributed by atoms with Gasteiger partial charge in [-0.25, -0.2) is 0 Å². The topological polar surface area (TPSA) is 66.8 Å². The van der Waals surface area contributed by atoms with Crippen molar-refractivity contribution in [1.82, 2.24) is 4.90 Å². The molecule has 1 fully saturated rings. The van der Waals surface area contributed by atoms with Gasteiger partial charge in [-0.3, -0.25) is 14.5 Å². The third kappa shape index (κ3) is 4.81. The second-order valence-electron chi connectivity index (χ2n) is 3.72. The minimum absolute atomic E-state index is 0. The summed E-state index contributed by atoms with van der Waals surface area (Å²) in [6.45, 7) is 3.42. The van der Waals surface area contributed by atoms with Crippen molar-refractivity contribution in [2.75, 3.05) is 26.2 Å². The Balaban J connectivity index is 0.00000225. The summed E-state index contributed by atoms with van der Waals surface area (Å²) in [6.07, 6.45) is 1.66. The molecular formula is C10H18ClNO4. The number of carboxylic acid groups (broad SMARTS) is 1. The molecule has 5 nitrogen and oxygen atoms in total. The number of carbonyl (C=O) groups is 2. The summed E-state index contributed by atoms with van der Waals surface area (Å²) >= 11 is 0. The summed E-state index contributed by atoms with van der Waals surface area (Å²) in [5.74, 6) is -1.20. The number of hydrogen-bond donors (Lipinski definition) is 1. The number of halogens is 1. The maximum Gasteiger partial charge on any atom is 0.317 e. The van der Waals surface area contributed by atoms with Gasteiger partial charge < -0.3 is 9.84 Å². The molecule has 94 valence electrons. The Morgan fingerprint density at radius 1 is 1.50 bits per heavy atom. The first-order valence-electron chi connectivity index (χ1n) is 5.24. The van der Waals surface area contributed by atoms with Crippen molar-refractivity contribution in [3.05, 3.63) is 0 Å². The summed E-state index contributed by atoms with van der Waals surface area (Å²) in [5, 5.41) is 8.64. The average molecular weight is 252 g/mol. The summed E-state index contributed by atoms with van der Waals surface area (Å²) in [6, 6.07) is 0. The number of esters is 1. The van der Waals surface area contributed by atoms with Crippen LogP contribution in [0, 0.1) is 5.92 Å². The number of hydrogen-bond acceptors (Lipinski definition) is 4. The van der Waals surface area contributed by atoms with Crippen LogP contribution in [-0.4, -0.2) is 48.2 Å². The van der Waals surface area contributed by atoms with Gasteiger partial charge in [0.15, 0.2) is 0 Å². The van der Waals surface area contributed by atoms with E-state index in [1.54, 1.807) is 11.8 Å². The van der Waals surface area contributed by atoms with E-state index in [-0.39, 0.29) is 30.8 Å². The zero-order valence-electron chi connectivity index (χ0n) is 9.35. The first-order chi connectivity index (χ1) is 7.13. The highest BCUT2D eigenvalue weighted by molar-refractivity contribution is 5.85. The van der Waals surface area contributed by atoms with Gasteiger partial charge in [-0.05, 0) is 26.3 Å². The van der Waals surface area contributed by atoms with Gasteiger partial charge in [-0.15, -0.1) is 12.4 Å².